The molecule has 0 bridgehead atoms. The van der Waals surface area contributed by atoms with E-state index in [-0.39, 0.29) is 11.2 Å². The van der Waals surface area contributed by atoms with Gasteiger partial charge in [-0.15, -0.1) is 11.8 Å². The molecule has 0 aliphatic carbocycles. The number of hydrogen-bond donors (Lipinski definition) is 0. The van der Waals surface area contributed by atoms with Gasteiger partial charge in [0.05, 0.1) is 0 Å². The first-order valence-electron chi connectivity index (χ1n) is 7.22. The molecular formula is C20H20OS. The van der Waals surface area contributed by atoms with Crippen LogP contribution in [0.15, 0.2) is 53.4 Å². The van der Waals surface area contributed by atoms with Crippen molar-refractivity contribution in [2.24, 2.45) is 0 Å². The summed E-state index contributed by atoms with van der Waals surface area (Å²) in [5, 5.41) is 0. The second kappa shape index (κ2) is 6.85. The number of Topliss-reactive ketones (excluding diaryl/α,β-unsaturated/α-hetero) is 1. The highest BCUT2D eigenvalue weighted by Crippen LogP contribution is 2.22. The standard InChI is InChI=1S/C20H20OS/c1-20(2,3)16-12-9-15(10-13-16)11-14-18(21)17-7-5-6-8-19(17)22-4/h5-10,12-13H,1-4H3. The summed E-state index contributed by atoms with van der Waals surface area (Å²) in [5.74, 6) is 5.58. The Morgan fingerprint density at radius 3 is 2.23 bits per heavy atom. The zero-order chi connectivity index (χ0) is 16.2. The molecule has 0 saturated carbocycles. The van der Waals surface area contributed by atoms with E-state index in [0.717, 1.165) is 10.5 Å². The van der Waals surface area contributed by atoms with Crippen LogP contribution < -0.4 is 0 Å². The Bertz CT molecular complexity index is 725. The lowest BCUT2D eigenvalue weighted by Gasteiger charge is -2.18. The van der Waals surface area contributed by atoms with Gasteiger partial charge in [-0.25, -0.2) is 0 Å². The minimum Gasteiger partial charge on any atom is -0.279 e. The highest BCUT2D eigenvalue weighted by Gasteiger charge is 2.12. The van der Waals surface area contributed by atoms with E-state index in [1.165, 1.54) is 5.56 Å². The lowest BCUT2D eigenvalue weighted by atomic mass is 9.87. The van der Waals surface area contributed by atoms with Crippen LogP contribution in [0.5, 0.6) is 0 Å². The van der Waals surface area contributed by atoms with Gasteiger partial charge < -0.3 is 0 Å². The van der Waals surface area contributed by atoms with Gasteiger partial charge >= 0.3 is 0 Å². The molecule has 0 radical (unpaired) electrons. The number of benzene rings is 2. The van der Waals surface area contributed by atoms with E-state index in [2.05, 4.69) is 44.7 Å². The lowest BCUT2D eigenvalue weighted by molar-refractivity contribution is 0.105. The second-order valence-electron chi connectivity index (χ2n) is 6.11. The maximum atomic E-state index is 12.2. The molecule has 2 rings (SSSR count). The minimum atomic E-state index is -0.134. The molecule has 0 amide bonds. The van der Waals surface area contributed by atoms with Crippen molar-refractivity contribution in [3.63, 3.8) is 0 Å². The third kappa shape index (κ3) is 4.02. The SMILES string of the molecule is CSc1ccccc1C(=O)C#Cc1ccc(C(C)(C)C)cc1. The number of carbonyl (C=O) groups excluding carboxylic acids is 1. The van der Waals surface area contributed by atoms with Crippen LogP contribution in [0.1, 0.15) is 42.3 Å². The summed E-state index contributed by atoms with van der Waals surface area (Å²) in [6.45, 7) is 6.53. The van der Waals surface area contributed by atoms with E-state index in [0.29, 0.717) is 5.56 Å². The smallest absolute Gasteiger partial charge is 0.237 e. The van der Waals surface area contributed by atoms with Crippen LogP contribution in [0, 0.1) is 11.8 Å². The van der Waals surface area contributed by atoms with Gasteiger partial charge in [0.25, 0.3) is 0 Å². The first-order chi connectivity index (χ1) is 10.4. The molecule has 2 heteroatoms. The Kier molecular flexibility index (Phi) is 5.11. The zero-order valence-corrected chi connectivity index (χ0v) is 14.3. The van der Waals surface area contributed by atoms with E-state index in [9.17, 15) is 4.79 Å². The number of thioether (sulfide) groups is 1. The fourth-order valence-electron chi connectivity index (χ4n) is 2.08. The molecule has 0 spiro atoms. The van der Waals surface area contributed by atoms with Crippen molar-refractivity contribution < 1.29 is 4.79 Å². The zero-order valence-electron chi connectivity index (χ0n) is 13.4. The van der Waals surface area contributed by atoms with Crippen molar-refractivity contribution in [2.45, 2.75) is 31.1 Å². The fourth-order valence-corrected chi connectivity index (χ4v) is 2.68. The molecule has 0 aliphatic rings. The third-order valence-electron chi connectivity index (χ3n) is 3.42. The minimum absolute atomic E-state index is 0.124. The number of carbonyl (C=O) groups is 1. The van der Waals surface area contributed by atoms with Crippen molar-refractivity contribution >= 4 is 17.5 Å². The third-order valence-corrected chi connectivity index (χ3v) is 4.22. The summed E-state index contributed by atoms with van der Waals surface area (Å²) < 4.78 is 0. The number of ketones is 1. The molecule has 22 heavy (non-hydrogen) atoms. The summed E-state index contributed by atoms with van der Waals surface area (Å²) in [6, 6.07) is 15.7. The van der Waals surface area contributed by atoms with Crippen LogP contribution in [0.25, 0.3) is 0 Å². The van der Waals surface area contributed by atoms with Crippen LogP contribution in [-0.2, 0) is 5.41 Å². The summed E-state index contributed by atoms with van der Waals surface area (Å²) >= 11 is 1.56. The quantitative estimate of drug-likeness (QED) is 0.444. The van der Waals surface area contributed by atoms with Gasteiger partial charge in [0, 0.05) is 16.0 Å². The van der Waals surface area contributed by atoms with E-state index in [1.807, 2.05) is 42.7 Å². The van der Waals surface area contributed by atoms with Crippen LogP contribution >= 0.6 is 11.8 Å². The molecule has 2 aromatic rings. The van der Waals surface area contributed by atoms with Crippen molar-refractivity contribution in [1.82, 2.24) is 0 Å². The monoisotopic (exact) mass is 308 g/mol. The molecule has 0 aliphatic heterocycles. The Hall–Kier alpha value is -1.98. The van der Waals surface area contributed by atoms with Crippen LogP contribution in [-0.4, -0.2) is 12.0 Å². The Labute approximate surface area is 137 Å². The molecule has 0 fully saturated rings. The fraction of sp³-hybridized carbons (Fsp3) is 0.250. The van der Waals surface area contributed by atoms with E-state index in [1.54, 1.807) is 11.8 Å². The molecule has 0 heterocycles. The van der Waals surface area contributed by atoms with Crippen molar-refractivity contribution in [1.29, 1.82) is 0 Å². The second-order valence-corrected chi connectivity index (χ2v) is 6.95. The summed E-state index contributed by atoms with van der Waals surface area (Å²) in [5.41, 5.74) is 2.92. The molecule has 0 atom stereocenters. The highest BCUT2D eigenvalue weighted by atomic mass is 32.2. The van der Waals surface area contributed by atoms with Gasteiger partial charge in [0.15, 0.2) is 0 Å². The average molecular weight is 308 g/mol. The average Bonchev–Trinajstić information content (AvgIpc) is 2.52. The van der Waals surface area contributed by atoms with Crippen molar-refractivity contribution in [2.75, 3.05) is 6.26 Å². The van der Waals surface area contributed by atoms with Gasteiger partial charge in [-0.2, -0.15) is 0 Å². The van der Waals surface area contributed by atoms with Crippen LogP contribution in [0.3, 0.4) is 0 Å². The van der Waals surface area contributed by atoms with Crippen LogP contribution in [0.2, 0.25) is 0 Å². The lowest BCUT2D eigenvalue weighted by Crippen LogP contribution is -2.10. The molecule has 112 valence electrons. The predicted octanol–water partition coefficient (Wildman–Crippen LogP) is 4.94. The molecule has 0 aromatic heterocycles. The molecule has 0 saturated heterocycles. The molecule has 0 unspecified atom stereocenters. The number of rotatable bonds is 2. The maximum Gasteiger partial charge on any atom is 0.237 e. The van der Waals surface area contributed by atoms with Crippen molar-refractivity contribution in [3.8, 4) is 11.8 Å². The summed E-state index contributed by atoms with van der Waals surface area (Å²) in [6.07, 6.45) is 1.96. The van der Waals surface area contributed by atoms with Gasteiger partial charge in [-0.1, -0.05) is 51.0 Å². The first-order valence-corrected chi connectivity index (χ1v) is 8.44. The topological polar surface area (TPSA) is 17.1 Å². The van der Waals surface area contributed by atoms with E-state index in [4.69, 9.17) is 0 Å². The highest BCUT2D eigenvalue weighted by molar-refractivity contribution is 7.98. The van der Waals surface area contributed by atoms with Crippen LogP contribution in [0.4, 0.5) is 0 Å². The van der Waals surface area contributed by atoms with Gasteiger partial charge in [-0.05, 0) is 47.4 Å². The molecular weight excluding hydrogens is 288 g/mol. The Balaban J connectivity index is 2.21. The maximum absolute atomic E-state index is 12.2. The summed E-state index contributed by atoms with van der Waals surface area (Å²) in [7, 11) is 0. The molecule has 2 aromatic carbocycles. The van der Waals surface area contributed by atoms with Crippen molar-refractivity contribution in [3.05, 3.63) is 65.2 Å². The van der Waals surface area contributed by atoms with E-state index < -0.39 is 0 Å². The molecule has 0 N–H and O–H groups in total. The molecule has 1 nitrogen and oxygen atoms in total. The Morgan fingerprint density at radius 1 is 1.00 bits per heavy atom. The first kappa shape index (κ1) is 16.4. The summed E-state index contributed by atoms with van der Waals surface area (Å²) in [4.78, 5) is 13.2. The normalized spacial score (nSPS) is 10.7. The predicted molar refractivity (Wildman–Crippen MR) is 94.6 cm³/mol. The largest absolute Gasteiger partial charge is 0.279 e. The van der Waals surface area contributed by atoms with Gasteiger partial charge in [0.2, 0.25) is 5.78 Å². The number of hydrogen-bond acceptors (Lipinski definition) is 2. The Morgan fingerprint density at radius 2 is 1.64 bits per heavy atom. The van der Waals surface area contributed by atoms with Gasteiger partial charge in [-0.3, -0.25) is 4.79 Å². The van der Waals surface area contributed by atoms with Gasteiger partial charge in [0.1, 0.15) is 0 Å². The van der Waals surface area contributed by atoms with E-state index >= 15 is 0 Å².